The van der Waals surface area contributed by atoms with Crippen LogP contribution < -0.4 is 5.73 Å². The van der Waals surface area contributed by atoms with Gasteiger partial charge in [0.25, 0.3) is 0 Å². The highest BCUT2D eigenvalue weighted by molar-refractivity contribution is 6.31. The molecule has 1 aliphatic heterocycles. The van der Waals surface area contributed by atoms with Crippen LogP contribution in [-0.2, 0) is 11.3 Å². The Morgan fingerprint density at radius 1 is 1.35 bits per heavy atom. The number of hydrogen-bond donors (Lipinski definition) is 1. The van der Waals surface area contributed by atoms with Crippen molar-refractivity contribution in [2.75, 3.05) is 18.8 Å². The van der Waals surface area contributed by atoms with Crippen molar-refractivity contribution >= 4 is 17.3 Å². The molecule has 1 aromatic rings. The van der Waals surface area contributed by atoms with E-state index in [1.807, 2.05) is 18.2 Å². The van der Waals surface area contributed by atoms with Crippen molar-refractivity contribution < 1.29 is 4.74 Å². The molecule has 1 heterocycles. The molecule has 94 valence electrons. The fraction of sp³-hybridized carbons (Fsp3) is 0.538. The van der Waals surface area contributed by atoms with E-state index in [2.05, 4.69) is 18.7 Å². The lowest BCUT2D eigenvalue weighted by molar-refractivity contribution is -0.0704. The summed E-state index contributed by atoms with van der Waals surface area (Å²) in [5.74, 6) is 0. The first kappa shape index (κ1) is 12.7. The van der Waals surface area contributed by atoms with E-state index in [0.29, 0.717) is 0 Å². The molecule has 2 rings (SSSR count). The van der Waals surface area contributed by atoms with Crippen molar-refractivity contribution in [2.45, 2.75) is 32.6 Å². The van der Waals surface area contributed by atoms with Crippen molar-refractivity contribution in [3.8, 4) is 0 Å². The van der Waals surface area contributed by atoms with E-state index in [9.17, 15) is 0 Å². The van der Waals surface area contributed by atoms with Crippen LogP contribution in [-0.4, -0.2) is 30.2 Å². The van der Waals surface area contributed by atoms with Crippen LogP contribution in [0, 0.1) is 0 Å². The minimum atomic E-state index is 0.276. The van der Waals surface area contributed by atoms with Gasteiger partial charge < -0.3 is 10.5 Å². The fourth-order valence-corrected chi connectivity index (χ4v) is 2.55. The molecule has 1 saturated heterocycles. The van der Waals surface area contributed by atoms with Crippen LogP contribution >= 0.6 is 11.6 Å². The number of ether oxygens (including phenoxy) is 1. The maximum Gasteiger partial charge on any atom is 0.0678 e. The summed E-state index contributed by atoms with van der Waals surface area (Å²) in [6, 6.07) is 5.64. The van der Waals surface area contributed by atoms with Crippen LogP contribution in [0.3, 0.4) is 0 Å². The van der Waals surface area contributed by atoms with Crippen molar-refractivity contribution in [3.05, 3.63) is 28.8 Å². The number of morpholine rings is 1. The van der Waals surface area contributed by atoms with Crippen molar-refractivity contribution in [2.24, 2.45) is 0 Å². The zero-order valence-electron chi connectivity index (χ0n) is 10.3. The van der Waals surface area contributed by atoms with Gasteiger partial charge >= 0.3 is 0 Å². The second-order valence-corrected chi connectivity index (χ2v) is 5.21. The minimum Gasteiger partial charge on any atom is -0.399 e. The maximum atomic E-state index is 6.17. The molecule has 17 heavy (non-hydrogen) atoms. The SMILES string of the molecule is CC1CN(Cc2cc(N)ccc2Cl)CC(C)O1. The molecule has 3 nitrogen and oxygen atoms in total. The highest BCUT2D eigenvalue weighted by Crippen LogP contribution is 2.22. The van der Waals surface area contributed by atoms with Gasteiger partial charge in [0.2, 0.25) is 0 Å². The van der Waals surface area contributed by atoms with Crippen LogP contribution in [0.5, 0.6) is 0 Å². The quantitative estimate of drug-likeness (QED) is 0.825. The second kappa shape index (κ2) is 5.25. The van der Waals surface area contributed by atoms with E-state index < -0.39 is 0 Å². The molecule has 1 aromatic carbocycles. The van der Waals surface area contributed by atoms with Crippen molar-refractivity contribution in [3.63, 3.8) is 0 Å². The third-order valence-corrected chi connectivity index (χ3v) is 3.33. The average molecular weight is 255 g/mol. The van der Waals surface area contributed by atoms with Crippen LogP contribution in [0.15, 0.2) is 18.2 Å². The molecular formula is C13H19ClN2O. The first-order valence-electron chi connectivity index (χ1n) is 5.96. The van der Waals surface area contributed by atoms with Crippen LogP contribution in [0.1, 0.15) is 19.4 Å². The Labute approximate surface area is 107 Å². The average Bonchev–Trinajstić information content (AvgIpc) is 2.22. The number of halogens is 1. The lowest BCUT2D eigenvalue weighted by Gasteiger charge is -2.35. The van der Waals surface area contributed by atoms with Crippen LogP contribution in [0.2, 0.25) is 5.02 Å². The molecule has 0 saturated carbocycles. The smallest absolute Gasteiger partial charge is 0.0678 e. The molecule has 2 N–H and O–H groups in total. The van der Waals surface area contributed by atoms with Gasteiger partial charge in [-0.05, 0) is 37.6 Å². The predicted octanol–water partition coefficient (Wildman–Crippen LogP) is 2.53. The highest BCUT2D eigenvalue weighted by atomic mass is 35.5. The lowest BCUT2D eigenvalue weighted by Crippen LogP contribution is -2.44. The van der Waals surface area contributed by atoms with Gasteiger partial charge in [-0.1, -0.05) is 11.6 Å². The normalized spacial score (nSPS) is 26.1. The molecule has 0 bridgehead atoms. The summed E-state index contributed by atoms with van der Waals surface area (Å²) in [5.41, 5.74) is 7.64. The van der Waals surface area contributed by atoms with Gasteiger partial charge in [0.15, 0.2) is 0 Å². The summed E-state index contributed by atoms with van der Waals surface area (Å²) in [5, 5.41) is 0.783. The Morgan fingerprint density at radius 3 is 2.65 bits per heavy atom. The van der Waals surface area contributed by atoms with E-state index in [-0.39, 0.29) is 12.2 Å². The van der Waals surface area contributed by atoms with Gasteiger partial charge in [-0.2, -0.15) is 0 Å². The number of nitrogens with zero attached hydrogens (tertiary/aromatic N) is 1. The molecular weight excluding hydrogens is 236 g/mol. The Hall–Kier alpha value is -0.770. The second-order valence-electron chi connectivity index (χ2n) is 4.80. The summed E-state index contributed by atoms with van der Waals surface area (Å²) in [6.07, 6.45) is 0.553. The Kier molecular flexibility index (Phi) is 3.92. The molecule has 0 amide bonds. The van der Waals surface area contributed by atoms with E-state index in [0.717, 1.165) is 35.9 Å². The Balaban J connectivity index is 2.07. The van der Waals surface area contributed by atoms with Crippen LogP contribution in [0.25, 0.3) is 0 Å². The van der Waals surface area contributed by atoms with E-state index in [4.69, 9.17) is 22.1 Å². The zero-order chi connectivity index (χ0) is 12.4. The molecule has 0 radical (unpaired) electrons. The van der Waals surface area contributed by atoms with E-state index in [1.54, 1.807) is 0 Å². The summed E-state index contributed by atoms with van der Waals surface area (Å²) in [7, 11) is 0. The maximum absolute atomic E-state index is 6.17. The van der Waals surface area contributed by atoms with Crippen LogP contribution in [0.4, 0.5) is 5.69 Å². The predicted molar refractivity (Wildman–Crippen MR) is 71.2 cm³/mol. The molecule has 2 unspecified atom stereocenters. The first-order valence-corrected chi connectivity index (χ1v) is 6.34. The van der Waals surface area contributed by atoms with Crippen molar-refractivity contribution in [1.29, 1.82) is 0 Å². The standard InChI is InChI=1S/C13H19ClN2O/c1-9-6-16(7-10(2)17-9)8-11-5-12(15)3-4-13(11)14/h3-5,9-10H,6-8,15H2,1-2H3. The number of nitrogen functional groups attached to an aromatic ring is 1. The molecule has 1 aliphatic rings. The summed E-state index contributed by atoms with van der Waals surface area (Å²) < 4.78 is 5.71. The molecule has 2 atom stereocenters. The Morgan fingerprint density at radius 2 is 2.00 bits per heavy atom. The molecule has 1 fully saturated rings. The summed E-state index contributed by atoms with van der Waals surface area (Å²) in [6.45, 7) is 6.92. The van der Waals surface area contributed by atoms with Gasteiger partial charge in [0.05, 0.1) is 12.2 Å². The third kappa shape index (κ3) is 3.35. The molecule has 0 spiro atoms. The number of nitrogens with two attached hydrogens (primary N) is 1. The van der Waals surface area contributed by atoms with E-state index in [1.165, 1.54) is 0 Å². The number of hydrogen-bond acceptors (Lipinski definition) is 3. The molecule has 0 aromatic heterocycles. The van der Waals surface area contributed by atoms with Gasteiger partial charge in [-0.15, -0.1) is 0 Å². The number of anilines is 1. The highest BCUT2D eigenvalue weighted by Gasteiger charge is 2.22. The number of benzene rings is 1. The van der Waals surface area contributed by atoms with Crippen molar-refractivity contribution in [1.82, 2.24) is 4.90 Å². The van der Waals surface area contributed by atoms with Gasteiger partial charge in [0.1, 0.15) is 0 Å². The lowest BCUT2D eigenvalue weighted by atomic mass is 10.1. The number of rotatable bonds is 2. The summed E-state index contributed by atoms with van der Waals surface area (Å²) in [4.78, 5) is 2.36. The summed E-state index contributed by atoms with van der Waals surface area (Å²) >= 11 is 6.17. The Bertz CT molecular complexity index is 387. The van der Waals surface area contributed by atoms with Gasteiger partial charge in [-0.25, -0.2) is 0 Å². The minimum absolute atomic E-state index is 0.276. The van der Waals surface area contributed by atoms with Gasteiger partial charge in [-0.3, -0.25) is 4.90 Å². The first-order chi connectivity index (χ1) is 8.04. The zero-order valence-corrected chi connectivity index (χ0v) is 11.1. The monoisotopic (exact) mass is 254 g/mol. The third-order valence-electron chi connectivity index (χ3n) is 2.96. The largest absolute Gasteiger partial charge is 0.399 e. The molecule has 4 heteroatoms. The topological polar surface area (TPSA) is 38.5 Å². The van der Waals surface area contributed by atoms with E-state index >= 15 is 0 Å². The van der Waals surface area contributed by atoms with Gasteiger partial charge in [0, 0.05) is 30.3 Å². The fourth-order valence-electron chi connectivity index (χ4n) is 2.37. The molecule has 0 aliphatic carbocycles.